The van der Waals surface area contributed by atoms with Crippen LogP contribution in [0.4, 0.5) is 0 Å². The minimum Gasteiger partial charge on any atom is -0.497 e. The lowest BCUT2D eigenvalue weighted by Gasteiger charge is -2.39. The molecule has 4 heteroatoms. The molecule has 0 radical (unpaired) electrons. The van der Waals surface area contributed by atoms with E-state index in [1.165, 1.54) is 0 Å². The van der Waals surface area contributed by atoms with Gasteiger partial charge in [-0.05, 0) is 36.5 Å². The molecule has 1 aromatic carbocycles. The van der Waals surface area contributed by atoms with Crippen molar-refractivity contribution in [2.24, 2.45) is 11.3 Å². The Balaban J connectivity index is 1.95. The molecule has 1 amide bonds. The molecule has 0 atom stereocenters. The summed E-state index contributed by atoms with van der Waals surface area (Å²) in [6.45, 7) is 2.48. The third kappa shape index (κ3) is 2.70. The van der Waals surface area contributed by atoms with Gasteiger partial charge in [0.25, 0.3) is 0 Å². The first-order valence-electron chi connectivity index (χ1n) is 6.42. The van der Waals surface area contributed by atoms with Crippen molar-refractivity contribution < 1.29 is 9.53 Å². The molecule has 1 aromatic rings. The third-order valence-corrected chi connectivity index (χ3v) is 3.63. The highest BCUT2D eigenvalue weighted by atomic mass is 16.5. The Kier molecular flexibility index (Phi) is 3.75. The number of benzene rings is 1. The average Bonchev–Trinajstić information content (AvgIpc) is 2.41. The van der Waals surface area contributed by atoms with Gasteiger partial charge in [0.1, 0.15) is 11.2 Å². The molecule has 100 valence electrons. The molecule has 0 aliphatic heterocycles. The molecule has 19 heavy (non-hydrogen) atoms. The Bertz CT molecular complexity index is 513. The largest absolute Gasteiger partial charge is 0.497 e. The van der Waals surface area contributed by atoms with E-state index in [9.17, 15) is 10.1 Å². The fourth-order valence-electron chi connectivity index (χ4n) is 2.59. The predicted molar refractivity (Wildman–Crippen MR) is 71.3 cm³/mol. The number of amides is 1. The van der Waals surface area contributed by atoms with Crippen molar-refractivity contribution in [1.29, 1.82) is 5.26 Å². The first-order valence-corrected chi connectivity index (χ1v) is 6.42. The number of nitrogens with one attached hydrogen (secondary N) is 1. The van der Waals surface area contributed by atoms with Crippen LogP contribution in [0.5, 0.6) is 5.75 Å². The SMILES string of the molecule is COc1cccc(CNC(=O)C2(C#N)CC(C)C2)c1. The van der Waals surface area contributed by atoms with Crippen LogP contribution < -0.4 is 10.1 Å². The smallest absolute Gasteiger partial charge is 0.240 e. The van der Waals surface area contributed by atoms with E-state index < -0.39 is 5.41 Å². The molecule has 0 aromatic heterocycles. The van der Waals surface area contributed by atoms with E-state index >= 15 is 0 Å². The van der Waals surface area contributed by atoms with E-state index in [1.54, 1.807) is 7.11 Å². The van der Waals surface area contributed by atoms with Gasteiger partial charge in [0.05, 0.1) is 13.2 Å². The number of hydrogen-bond donors (Lipinski definition) is 1. The molecular weight excluding hydrogens is 240 g/mol. The maximum atomic E-state index is 12.1. The number of nitrogens with zero attached hydrogens (tertiary/aromatic N) is 1. The Labute approximate surface area is 113 Å². The number of carbonyl (C=O) groups excluding carboxylic acids is 1. The van der Waals surface area contributed by atoms with Gasteiger partial charge < -0.3 is 10.1 Å². The number of methoxy groups -OCH3 is 1. The van der Waals surface area contributed by atoms with Gasteiger partial charge in [-0.15, -0.1) is 0 Å². The summed E-state index contributed by atoms with van der Waals surface area (Å²) in [7, 11) is 1.61. The molecule has 1 fully saturated rings. The molecule has 1 N–H and O–H groups in total. The second-order valence-corrected chi connectivity index (χ2v) is 5.24. The lowest BCUT2D eigenvalue weighted by atomic mass is 9.63. The minimum atomic E-state index is -0.807. The topological polar surface area (TPSA) is 62.1 Å². The summed E-state index contributed by atoms with van der Waals surface area (Å²) in [6.07, 6.45) is 1.32. The Hall–Kier alpha value is -2.02. The fraction of sp³-hybridized carbons (Fsp3) is 0.467. The lowest BCUT2D eigenvalue weighted by Crippen LogP contribution is -2.47. The molecule has 0 saturated heterocycles. The Morgan fingerprint density at radius 3 is 2.89 bits per heavy atom. The van der Waals surface area contributed by atoms with Crippen LogP contribution in [0.15, 0.2) is 24.3 Å². The fourth-order valence-corrected chi connectivity index (χ4v) is 2.59. The highest BCUT2D eigenvalue weighted by molar-refractivity contribution is 5.86. The van der Waals surface area contributed by atoms with Crippen LogP contribution in [0.1, 0.15) is 25.3 Å². The van der Waals surface area contributed by atoms with Gasteiger partial charge in [-0.2, -0.15) is 5.26 Å². The first-order chi connectivity index (χ1) is 9.09. The van der Waals surface area contributed by atoms with Gasteiger partial charge in [-0.3, -0.25) is 4.79 Å². The zero-order chi connectivity index (χ0) is 13.9. The second kappa shape index (κ2) is 5.31. The summed E-state index contributed by atoms with van der Waals surface area (Å²) in [5.41, 5.74) is 0.159. The maximum Gasteiger partial charge on any atom is 0.240 e. The minimum absolute atomic E-state index is 0.157. The number of ether oxygens (including phenoxy) is 1. The Morgan fingerprint density at radius 1 is 1.58 bits per heavy atom. The molecule has 1 aliphatic rings. The van der Waals surface area contributed by atoms with Crippen molar-refractivity contribution >= 4 is 5.91 Å². The van der Waals surface area contributed by atoms with E-state index in [2.05, 4.69) is 18.3 Å². The first kappa shape index (κ1) is 13.4. The van der Waals surface area contributed by atoms with Gasteiger partial charge in [0.15, 0.2) is 0 Å². The van der Waals surface area contributed by atoms with Gasteiger partial charge in [-0.1, -0.05) is 19.1 Å². The zero-order valence-corrected chi connectivity index (χ0v) is 11.3. The molecule has 2 rings (SSSR count). The van der Waals surface area contributed by atoms with Crippen LogP contribution >= 0.6 is 0 Å². The molecular formula is C15H18N2O2. The Morgan fingerprint density at radius 2 is 2.32 bits per heavy atom. The van der Waals surface area contributed by atoms with Crippen molar-refractivity contribution in [3.8, 4) is 11.8 Å². The molecule has 0 heterocycles. The standard InChI is InChI=1S/C15H18N2O2/c1-11-7-15(8-11,10-16)14(18)17-9-12-4-3-5-13(6-12)19-2/h3-6,11H,7-9H2,1-2H3,(H,17,18). The molecule has 0 unspecified atom stereocenters. The summed E-state index contributed by atoms with van der Waals surface area (Å²) in [5, 5.41) is 12.0. The normalized spacial score (nSPS) is 25.0. The van der Waals surface area contributed by atoms with Crippen molar-refractivity contribution in [3.05, 3.63) is 29.8 Å². The monoisotopic (exact) mass is 258 g/mol. The van der Waals surface area contributed by atoms with Gasteiger partial charge in [0.2, 0.25) is 5.91 Å². The van der Waals surface area contributed by atoms with Gasteiger partial charge in [-0.25, -0.2) is 0 Å². The predicted octanol–water partition coefficient (Wildman–Crippen LogP) is 2.25. The summed E-state index contributed by atoms with van der Waals surface area (Å²) in [5.74, 6) is 1.07. The quantitative estimate of drug-likeness (QED) is 0.901. The van der Waals surface area contributed by atoms with Crippen molar-refractivity contribution in [1.82, 2.24) is 5.32 Å². The molecule has 4 nitrogen and oxygen atoms in total. The van der Waals surface area contributed by atoms with Crippen LogP contribution in [0.25, 0.3) is 0 Å². The summed E-state index contributed by atoms with van der Waals surface area (Å²) < 4.78 is 5.13. The summed E-state index contributed by atoms with van der Waals surface area (Å²) in [4.78, 5) is 12.1. The summed E-state index contributed by atoms with van der Waals surface area (Å²) >= 11 is 0. The number of hydrogen-bond acceptors (Lipinski definition) is 3. The van der Waals surface area contributed by atoms with Crippen LogP contribution in [0.3, 0.4) is 0 Å². The van der Waals surface area contributed by atoms with Crippen molar-refractivity contribution in [2.75, 3.05) is 7.11 Å². The van der Waals surface area contributed by atoms with Gasteiger partial charge in [0, 0.05) is 6.54 Å². The zero-order valence-electron chi connectivity index (χ0n) is 11.3. The van der Waals surface area contributed by atoms with E-state index in [0.717, 1.165) is 11.3 Å². The highest BCUT2D eigenvalue weighted by Crippen LogP contribution is 2.45. The van der Waals surface area contributed by atoms with E-state index in [0.29, 0.717) is 25.3 Å². The summed E-state index contributed by atoms with van der Waals surface area (Å²) in [6, 6.07) is 9.70. The number of carbonyl (C=O) groups is 1. The number of rotatable bonds is 4. The maximum absolute atomic E-state index is 12.1. The molecule has 1 saturated carbocycles. The van der Waals surface area contributed by atoms with E-state index in [-0.39, 0.29) is 5.91 Å². The van der Waals surface area contributed by atoms with Crippen LogP contribution in [0, 0.1) is 22.7 Å². The average molecular weight is 258 g/mol. The van der Waals surface area contributed by atoms with E-state index in [1.807, 2.05) is 24.3 Å². The van der Waals surface area contributed by atoms with Crippen molar-refractivity contribution in [3.63, 3.8) is 0 Å². The van der Waals surface area contributed by atoms with Crippen LogP contribution in [-0.2, 0) is 11.3 Å². The molecule has 0 spiro atoms. The van der Waals surface area contributed by atoms with Crippen molar-refractivity contribution in [2.45, 2.75) is 26.3 Å². The lowest BCUT2D eigenvalue weighted by molar-refractivity contribution is -0.134. The molecule has 1 aliphatic carbocycles. The molecule has 0 bridgehead atoms. The van der Waals surface area contributed by atoms with Gasteiger partial charge >= 0.3 is 0 Å². The van der Waals surface area contributed by atoms with E-state index in [4.69, 9.17) is 4.74 Å². The second-order valence-electron chi connectivity index (χ2n) is 5.24. The third-order valence-electron chi connectivity index (χ3n) is 3.63. The highest BCUT2D eigenvalue weighted by Gasteiger charge is 2.48. The van der Waals surface area contributed by atoms with Crippen LogP contribution in [0.2, 0.25) is 0 Å². The van der Waals surface area contributed by atoms with Crippen LogP contribution in [-0.4, -0.2) is 13.0 Å². The number of nitriles is 1.